The van der Waals surface area contributed by atoms with Gasteiger partial charge in [-0.05, 0) is 117 Å². The minimum atomic E-state index is 1.14. The van der Waals surface area contributed by atoms with Crippen molar-refractivity contribution in [1.29, 1.82) is 0 Å². The summed E-state index contributed by atoms with van der Waals surface area (Å²) >= 11 is 0. The number of fused-ring (bicyclic) bond motifs is 11. The summed E-state index contributed by atoms with van der Waals surface area (Å²) in [6, 6.07) is 87.1. The first-order valence-electron chi connectivity index (χ1n) is 22.4. The summed E-state index contributed by atoms with van der Waals surface area (Å²) in [5, 5.41) is 12.4. The maximum atomic E-state index is 2.50. The van der Waals surface area contributed by atoms with Gasteiger partial charge in [-0.15, -0.1) is 0 Å². The number of para-hydroxylation sites is 2. The van der Waals surface area contributed by atoms with Crippen molar-refractivity contribution < 1.29 is 0 Å². The van der Waals surface area contributed by atoms with Gasteiger partial charge in [0.2, 0.25) is 0 Å². The summed E-state index contributed by atoms with van der Waals surface area (Å²) in [6.45, 7) is 0. The maximum Gasteiger partial charge on any atom is 0.0562 e. The quantitative estimate of drug-likeness (QED) is 0.164. The molecule has 14 aromatic rings. The molecule has 0 bridgehead atoms. The fourth-order valence-corrected chi connectivity index (χ4v) is 10.8. The zero-order valence-electron chi connectivity index (χ0n) is 35.4. The maximum absolute atomic E-state index is 2.50. The van der Waals surface area contributed by atoms with Gasteiger partial charge in [-0.2, -0.15) is 0 Å². The lowest BCUT2D eigenvalue weighted by Gasteiger charge is -2.13. The van der Waals surface area contributed by atoms with Gasteiger partial charge in [-0.3, -0.25) is 0 Å². The van der Waals surface area contributed by atoms with E-state index in [0.717, 1.165) is 5.69 Å². The number of aromatic nitrogens is 3. The van der Waals surface area contributed by atoms with Gasteiger partial charge >= 0.3 is 0 Å². The summed E-state index contributed by atoms with van der Waals surface area (Å²) < 4.78 is 7.36. The second-order valence-electron chi connectivity index (χ2n) is 17.3. The molecule has 11 aromatic carbocycles. The Morgan fingerprint density at radius 1 is 0.200 bits per heavy atom. The van der Waals surface area contributed by atoms with Gasteiger partial charge in [-0.1, -0.05) is 158 Å². The Morgan fingerprint density at radius 2 is 0.677 bits per heavy atom. The van der Waals surface area contributed by atoms with Crippen molar-refractivity contribution in [2.45, 2.75) is 0 Å². The smallest absolute Gasteiger partial charge is 0.0562 e. The summed E-state index contributed by atoms with van der Waals surface area (Å²) in [5.41, 5.74) is 15.5. The van der Waals surface area contributed by atoms with E-state index in [1.807, 2.05) is 0 Å². The second-order valence-corrected chi connectivity index (χ2v) is 17.3. The normalized spacial score (nSPS) is 12.0. The molecule has 0 unspecified atom stereocenters. The Kier molecular flexibility index (Phi) is 7.69. The minimum Gasteiger partial charge on any atom is -0.309 e. The third-order valence-corrected chi connectivity index (χ3v) is 13.8. The first kappa shape index (κ1) is 35.9. The molecule has 0 aliphatic carbocycles. The predicted molar refractivity (Wildman–Crippen MR) is 275 cm³/mol. The molecule has 3 heteroatoms. The van der Waals surface area contributed by atoms with Crippen LogP contribution in [0.2, 0.25) is 0 Å². The van der Waals surface area contributed by atoms with E-state index < -0.39 is 0 Å². The lowest BCUT2D eigenvalue weighted by atomic mass is 10.00. The summed E-state index contributed by atoms with van der Waals surface area (Å²) in [7, 11) is 0. The van der Waals surface area contributed by atoms with Crippen LogP contribution in [0.25, 0.3) is 126 Å². The molecule has 0 N–H and O–H groups in total. The SMILES string of the molecule is c1ccc(-c2ccc(-n3c4ccccc4c4cc5c6cc(-c7ccc8c(c7)c7ccccc7n8-c7ccc8ccccc8c7)ccc6n(-c6cccc7ccccc67)c5cc43)cc2)cc1. The molecule has 65 heavy (non-hydrogen) atoms. The minimum absolute atomic E-state index is 1.14. The van der Waals surface area contributed by atoms with E-state index in [-0.39, 0.29) is 0 Å². The van der Waals surface area contributed by atoms with Crippen molar-refractivity contribution in [3.05, 3.63) is 237 Å². The van der Waals surface area contributed by atoms with Crippen molar-refractivity contribution in [3.8, 4) is 39.3 Å². The summed E-state index contributed by atoms with van der Waals surface area (Å²) in [5.74, 6) is 0. The zero-order chi connectivity index (χ0) is 42.6. The van der Waals surface area contributed by atoms with Gasteiger partial charge in [-0.25, -0.2) is 0 Å². The van der Waals surface area contributed by atoms with Gasteiger partial charge in [0.05, 0.1) is 38.8 Å². The molecule has 3 nitrogen and oxygen atoms in total. The van der Waals surface area contributed by atoms with Crippen LogP contribution in [-0.2, 0) is 0 Å². The topological polar surface area (TPSA) is 14.8 Å². The molecule has 0 radical (unpaired) electrons. The standard InChI is InChI=1S/C62H39N3/c1-2-13-40(14-3-1)42-25-30-47(31-26-42)63-57-22-10-9-21-51(57)54-38-55-53-37-46(29-34-60(53)65(62(55)39-61(54)63)56-24-12-18-43-16-6-7-19-49(43)56)45-28-33-59-52(36-45)50-20-8-11-23-58(50)64(59)48-32-27-41-15-4-5-17-44(41)35-48/h1-39H. The van der Waals surface area contributed by atoms with E-state index in [9.17, 15) is 0 Å². The van der Waals surface area contributed by atoms with Crippen LogP contribution in [-0.4, -0.2) is 13.7 Å². The number of nitrogens with zero attached hydrogens (tertiary/aromatic N) is 3. The van der Waals surface area contributed by atoms with Crippen LogP contribution in [0.3, 0.4) is 0 Å². The lowest BCUT2D eigenvalue weighted by Crippen LogP contribution is -1.97. The van der Waals surface area contributed by atoms with Crippen molar-refractivity contribution in [2.75, 3.05) is 0 Å². The molecule has 302 valence electrons. The first-order chi connectivity index (χ1) is 32.2. The predicted octanol–water partition coefficient (Wildman–Crippen LogP) is 16.6. The van der Waals surface area contributed by atoms with E-state index in [4.69, 9.17) is 0 Å². The molecular weight excluding hydrogens is 787 g/mol. The van der Waals surface area contributed by atoms with Gasteiger partial charge in [0.15, 0.2) is 0 Å². The molecule has 14 rings (SSSR count). The van der Waals surface area contributed by atoms with Crippen LogP contribution in [0.4, 0.5) is 0 Å². The van der Waals surface area contributed by atoms with Crippen LogP contribution in [0.5, 0.6) is 0 Å². The number of benzene rings is 11. The van der Waals surface area contributed by atoms with Crippen molar-refractivity contribution >= 4 is 87.0 Å². The van der Waals surface area contributed by atoms with Crippen molar-refractivity contribution in [1.82, 2.24) is 13.7 Å². The highest BCUT2D eigenvalue weighted by atomic mass is 15.0. The van der Waals surface area contributed by atoms with E-state index in [0.29, 0.717) is 0 Å². The molecule has 0 aliphatic rings. The van der Waals surface area contributed by atoms with E-state index in [2.05, 4.69) is 250 Å². The largest absolute Gasteiger partial charge is 0.309 e. The average Bonchev–Trinajstić information content (AvgIpc) is 4.00. The van der Waals surface area contributed by atoms with Crippen LogP contribution in [0, 0.1) is 0 Å². The number of rotatable bonds is 5. The highest BCUT2D eigenvalue weighted by molar-refractivity contribution is 6.20. The Hall–Kier alpha value is -8.66. The average molecular weight is 826 g/mol. The van der Waals surface area contributed by atoms with Gasteiger partial charge < -0.3 is 13.7 Å². The highest BCUT2D eigenvalue weighted by Crippen LogP contribution is 2.43. The second kappa shape index (κ2) is 13.9. The molecule has 0 saturated carbocycles. The molecule has 0 saturated heterocycles. The van der Waals surface area contributed by atoms with Crippen molar-refractivity contribution in [2.24, 2.45) is 0 Å². The van der Waals surface area contributed by atoms with Gasteiger partial charge in [0, 0.05) is 49.1 Å². The Balaban J connectivity index is 1.00. The monoisotopic (exact) mass is 825 g/mol. The highest BCUT2D eigenvalue weighted by Gasteiger charge is 2.21. The van der Waals surface area contributed by atoms with Crippen LogP contribution in [0.1, 0.15) is 0 Å². The molecule has 3 heterocycles. The van der Waals surface area contributed by atoms with Gasteiger partial charge in [0.25, 0.3) is 0 Å². The van der Waals surface area contributed by atoms with Crippen LogP contribution >= 0.6 is 0 Å². The zero-order valence-corrected chi connectivity index (χ0v) is 35.4. The molecule has 0 atom stereocenters. The van der Waals surface area contributed by atoms with E-state index in [1.165, 1.54) is 121 Å². The Bertz CT molecular complexity index is 4220. The van der Waals surface area contributed by atoms with E-state index in [1.54, 1.807) is 0 Å². The van der Waals surface area contributed by atoms with E-state index >= 15 is 0 Å². The van der Waals surface area contributed by atoms with Crippen LogP contribution in [0.15, 0.2) is 237 Å². The molecule has 0 aliphatic heterocycles. The third kappa shape index (κ3) is 5.43. The first-order valence-corrected chi connectivity index (χ1v) is 22.4. The molecule has 0 amide bonds. The van der Waals surface area contributed by atoms with Gasteiger partial charge in [0.1, 0.15) is 0 Å². The molecule has 3 aromatic heterocycles. The molecule has 0 fully saturated rings. The number of hydrogen-bond donors (Lipinski definition) is 0. The lowest BCUT2D eigenvalue weighted by molar-refractivity contribution is 1.17. The Morgan fingerprint density at radius 3 is 1.42 bits per heavy atom. The molecular formula is C62H39N3. The van der Waals surface area contributed by atoms with Crippen molar-refractivity contribution in [3.63, 3.8) is 0 Å². The van der Waals surface area contributed by atoms with Crippen LogP contribution < -0.4 is 0 Å². The molecule has 0 spiro atoms. The third-order valence-electron chi connectivity index (χ3n) is 13.8. The summed E-state index contributed by atoms with van der Waals surface area (Å²) in [4.78, 5) is 0. The number of hydrogen-bond acceptors (Lipinski definition) is 0. The fourth-order valence-electron chi connectivity index (χ4n) is 10.8. The Labute approximate surface area is 374 Å². The fraction of sp³-hybridized carbons (Fsp3) is 0. The summed E-state index contributed by atoms with van der Waals surface area (Å²) in [6.07, 6.45) is 0.